The molecule has 0 heterocycles. The summed E-state index contributed by atoms with van der Waals surface area (Å²) in [7, 11) is 0. The van der Waals surface area contributed by atoms with Crippen molar-refractivity contribution in [1.82, 2.24) is 0 Å². The zero-order valence-corrected chi connectivity index (χ0v) is 11.7. The van der Waals surface area contributed by atoms with Gasteiger partial charge in [-0.05, 0) is 29.2 Å². The quantitative estimate of drug-likeness (QED) is 0.691. The summed E-state index contributed by atoms with van der Waals surface area (Å²) >= 11 is 1.72. The maximum atomic E-state index is 5.90. The fourth-order valence-electron chi connectivity index (χ4n) is 1.77. The molecule has 0 unspecified atom stereocenters. The maximum absolute atomic E-state index is 5.90. The first-order valence-electron chi connectivity index (χ1n) is 5.82. The molecular formula is C14H22OS. The van der Waals surface area contributed by atoms with Crippen LogP contribution in [0.25, 0.3) is 0 Å². The summed E-state index contributed by atoms with van der Waals surface area (Å²) in [5, 5.41) is 0. The number of rotatable bonds is 5. The number of ether oxygens (including phenoxy) is 1. The molecule has 0 bridgehead atoms. The van der Waals surface area contributed by atoms with E-state index in [2.05, 4.69) is 52.1 Å². The van der Waals surface area contributed by atoms with Crippen molar-refractivity contribution >= 4 is 11.8 Å². The van der Waals surface area contributed by atoms with Crippen molar-refractivity contribution in [2.24, 2.45) is 0 Å². The molecule has 16 heavy (non-hydrogen) atoms. The third-order valence-electron chi connectivity index (χ3n) is 2.64. The lowest BCUT2D eigenvalue weighted by atomic mass is 9.94. The lowest BCUT2D eigenvalue weighted by Crippen LogP contribution is -2.03. The molecule has 0 saturated carbocycles. The van der Waals surface area contributed by atoms with Gasteiger partial charge in [-0.3, -0.25) is 0 Å². The van der Waals surface area contributed by atoms with Crippen LogP contribution in [0.1, 0.15) is 50.7 Å². The molecular weight excluding hydrogens is 216 g/mol. The van der Waals surface area contributed by atoms with Crippen LogP contribution in [0.3, 0.4) is 0 Å². The molecule has 0 N–H and O–H groups in total. The van der Waals surface area contributed by atoms with Crippen molar-refractivity contribution in [3.8, 4) is 5.75 Å². The average Bonchev–Trinajstić information content (AvgIpc) is 2.25. The van der Waals surface area contributed by atoms with E-state index >= 15 is 0 Å². The van der Waals surface area contributed by atoms with Crippen molar-refractivity contribution in [3.63, 3.8) is 0 Å². The highest BCUT2D eigenvalue weighted by atomic mass is 32.2. The highest BCUT2D eigenvalue weighted by molar-refractivity contribution is 7.98. The van der Waals surface area contributed by atoms with Crippen LogP contribution in [-0.4, -0.2) is 12.2 Å². The molecule has 0 spiro atoms. The van der Waals surface area contributed by atoms with Gasteiger partial charge in [-0.25, -0.2) is 0 Å². The van der Waals surface area contributed by atoms with Gasteiger partial charge < -0.3 is 4.74 Å². The second-order valence-corrected chi connectivity index (χ2v) is 5.44. The van der Waals surface area contributed by atoms with Crippen molar-refractivity contribution in [3.05, 3.63) is 29.3 Å². The van der Waals surface area contributed by atoms with Crippen LogP contribution in [0.2, 0.25) is 0 Å². The molecule has 0 radical (unpaired) electrons. The van der Waals surface area contributed by atoms with E-state index in [-0.39, 0.29) is 0 Å². The Morgan fingerprint density at radius 3 is 1.94 bits per heavy atom. The second-order valence-electron chi connectivity index (χ2n) is 4.63. The number of hydrogen-bond donors (Lipinski definition) is 0. The first-order chi connectivity index (χ1) is 7.57. The summed E-state index contributed by atoms with van der Waals surface area (Å²) in [6, 6.07) is 6.48. The third kappa shape index (κ3) is 3.18. The van der Waals surface area contributed by atoms with Gasteiger partial charge in [-0.15, -0.1) is 11.8 Å². The summed E-state index contributed by atoms with van der Waals surface area (Å²) in [6.07, 6.45) is 2.06. The Bertz CT molecular complexity index is 305. The lowest BCUT2D eigenvalue weighted by molar-refractivity contribution is 0.380. The van der Waals surface area contributed by atoms with E-state index in [1.54, 1.807) is 11.8 Å². The second kappa shape index (κ2) is 6.19. The average molecular weight is 238 g/mol. The summed E-state index contributed by atoms with van der Waals surface area (Å²) in [4.78, 5) is 0. The Kier molecular flexibility index (Phi) is 5.20. The Morgan fingerprint density at radius 1 is 1.06 bits per heavy atom. The van der Waals surface area contributed by atoms with Gasteiger partial charge in [0, 0.05) is 0 Å². The molecule has 1 rings (SSSR count). The van der Waals surface area contributed by atoms with Gasteiger partial charge in [0.15, 0.2) is 0 Å². The van der Waals surface area contributed by atoms with E-state index in [0.717, 1.165) is 11.7 Å². The van der Waals surface area contributed by atoms with Crippen LogP contribution in [0.4, 0.5) is 0 Å². The van der Waals surface area contributed by atoms with E-state index in [1.165, 1.54) is 11.1 Å². The predicted octanol–water partition coefficient (Wildman–Crippen LogP) is 4.63. The van der Waals surface area contributed by atoms with Gasteiger partial charge in [-0.2, -0.15) is 0 Å². The van der Waals surface area contributed by atoms with Crippen LogP contribution in [0, 0.1) is 0 Å². The normalized spacial score (nSPS) is 11.2. The van der Waals surface area contributed by atoms with Gasteiger partial charge >= 0.3 is 0 Å². The first kappa shape index (κ1) is 13.4. The number of thioether (sulfide) groups is 1. The fourth-order valence-corrected chi connectivity index (χ4v) is 2.00. The summed E-state index contributed by atoms with van der Waals surface area (Å²) in [6.45, 7) is 8.85. The van der Waals surface area contributed by atoms with Crippen LogP contribution >= 0.6 is 11.8 Å². The Morgan fingerprint density at radius 2 is 1.56 bits per heavy atom. The minimum Gasteiger partial charge on any atom is -0.482 e. The molecule has 0 amide bonds. The van der Waals surface area contributed by atoms with Crippen molar-refractivity contribution in [1.29, 1.82) is 0 Å². The van der Waals surface area contributed by atoms with E-state index in [9.17, 15) is 0 Å². The standard InChI is InChI=1S/C14H22OS/c1-10(2)12-7-6-8-13(11(3)4)14(12)15-9-16-5/h6-8,10-11H,9H2,1-5H3. The van der Waals surface area contributed by atoms with Gasteiger partial charge in [0.05, 0.1) is 0 Å². The minimum atomic E-state index is 0.510. The Labute approximate surface area is 104 Å². The van der Waals surface area contributed by atoms with Crippen LogP contribution in [0.15, 0.2) is 18.2 Å². The summed E-state index contributed by atoms with van der Waals surface area (Å²) < 4.78 is 5.90. The Balaban J connectivity index is 3.12. The lowest BCUT2D eigenvalue weighted by Gasteiger charge is -2.19. The molecule has 90 valence electrons. The monoisotopic (exact) mass is 238 g/mol. The van der Waals surface area contributed by atoms with Gasteiger partial charge in [0.25, 0.3) is 0 Å². The van der Waals surface area contributed by atoms with Crippen LogP contribution in [0.5, 0.6) is 5.75 Å². The smallest absolute Gasteiger partial charge is 0.134 e. The molecule has 0 aliphatic carbocycles. The highest BCUT2D eigenvalue weighted by Crippen LogP contribution is 2.34. The van der Waals surface area contributed by atoms with E-state index in [0.29, 0.717) is 11.8 Å². The van der Waals surface area contributed by atoms with Crippen LogP contribution in [-0.2, 0) is 0 Å². The van der Waals surface area contributed by atoms with Gasteiger partial charge in [-0.1, -0.05) is 45.9 Å². The fraction of sp³-hybridized carbons (Fsp3) is 0.571. The van der Waals surface area contributed by atoms with E-state index in [4.69, 9.17) is 4.74 Å². The number of hydrogen-bond acceptors (Lipinski definition) is 2. The van der Waals surface area contributed by atoms with Crippen LogP contribution < -0.4 is 4.74 Å². The molecule has 0 fully saturated rings. The zero-order chi connectivity index (χ0) is 12.1. The topological polar surface area (TPSA) is 9.23 Å². The molecule has 1 nitrogen and oxygen atoms in total. The summed E-state index contributed by atoms with van der Waals surface area (Å²) in [5.74, 6) is 2.84. The van der Waals surface area contributed by atoms with Crippen molar-refractivity contribution in [2.75, 3.05) is 12.2 Å². The minimum absolute atomic E-state index is 0.510. The van der Waals surface area contributed by atoms with Gasteiger partial charge in [0.1, 0.15) is 11.7 Å². The highest BCUT2D eigenvalue weighted by Gasteiger charge is 2.14. The first-order valence-corrected chi connectivity index (χ1v) is 7.21. The molecule has 0 aliphatic heterocycles. The number of para-hydroxylation sites is 1. The largest absolute Gasteiger partial charge is 0.482 e. The molecule has 0 atom stereocenters. The zero-order valence-electron chi connectivity index (χ0n) is 10.9. The number of benzene rings is 1. The molecule has 0 aromatic heterocycles. The van der Waals surface area contributed by atoms with E-state index < -0.39 is 0 Å². The Hall–Kier alpha value is -0.630. The molecule has 2 heteroatoms. The van der Waals surface area contributed by atoms with Crippen molar-refractivity contribution < 1.29 is 4.74 Å². The van der Waals surface area contributed by atoms with Crippen molar-refractivity contribution in [2.45, 2.75) is 39.5 Å². The maximum Gasteiger partial charge on any atom is 0.134 e. The molecule has 1 aromatic rings. The summed E-state index contributed by atoms with van der Waals surface area (Å²) in [5.41, 5.74) is 2.64. The molecule has 0 saturated heterocycles. The van der Waals surface area contributed by atoms with Gasteiger partial charge in [0.2, 0.25) is 0 Å². The predicted molar refractivity (Wildman–Crippen MR) is 73.6 cm³/mol. The molecule has 0 aliphatic rings. The SMILES string of the molecule is CSCOc1c(C(C)C)cccc1C(C)C. The third-order valence-corrected chi connectivity index (χ3v) is 2.99. The molecule has 1 aromatic carbocycles. The van der Waals surface area contributed by atoms with E-state index in [1.807, 2.05) is 0 Å².